The minimum atomic E-state index is -3.48. The summed E-state index contributed by atoms with van der Waals surface area (Å²) in [6.45, 7) is 1.98. The van der Waals surface area contributed by atoms with Crippen molar-refractivity contribution in [1.29, 1.82) is 0 Å². The third-order valence-corrected chi connectivity index (χ3v) is 2.83. The quantitative estimate of drug-likeness (QED) is 0.752. The normalized spacial score (nSPS) is 11.6. The maximum absolute atomic E-state index is 11.1. The third kappa shape index (κ3) is 2.17. The number of hydrogen-bond acceptors (Lipinski definition) is 3. The molecule has 0 saturated heterocycles. The molecule has 0 aliphatic rings. The van der Waals surface area contributed by atoms with Crippen LogP contribution in [0.3, 0.4) is 0 Å². The summed E-state index contributed by atoms with van der Waals surface area (Å²) < 4.78 is 27.2. The Labute approximate surface area is 94.8 Å². The van der Waals surface area contributed by atoms with E-state index in [1.165, 1.54) is 0 Å². The van der Waals surface area contributed by atoms with E-state index < -0.39 is 10.1 Å². The summed E-state index contributed by atoms with van der Waals surface area (Å²) in [6.07, 6.45) is 1.04. The van der Waals surface area contributed by atoms with Crippen LogP contribution < -0.4 is 4.18 Å². The van der Waals surface area contributed by atoms with Crippen LogP contribution in [-0.4, -0.2) is 14.7 Å². The Bertz CT molecular complexity index is 630. The monoisotopic (exact) mass is 236 g/mol. The van der Waals surface area contributed by atoms with Crippen LogP contribution >= 0.6 is 0 Å². The van der Waals surface area contributed by atoms with Gasteiger partial charge in [-0.1, -0.05) is 30.3 Å². The predicted octanol–water partition coefficient (Wildman–Crippen LogP) is 2.49. The molecule has 0 N–H and O–H groups in total. The van der Waals surface area contributed by atoms with Crippen molar-refractivity contribution in [2.45, 2.75) is 6.92 Å². The molecule has 0 spiro atoms. The van der Waals surface area contributed by atoms with Crippen LogP contribution in [0.1, 0.15) is 5.56 Å². The molecule has 0 atom stereocenters. The van der Waals surface area contributed by atoms with Crippen LogP contribution in [0.5, 0.6) is 5.75 Å². The fraction of sp³-hybridized carbons (Fsp3) is 0.167. The van der Waals surface area contributed by atoms with E-state index in [1.807, 2.05) is 37.3 Å². The summed E-state index contributed by atoms with van der Waals surface area (Å²) in [6, 6.07) is 11.1. The van der Waals surface area contributed by atoms with E-state index in [0.717, 1.165) is 22.6 Å². The average molecular weight is 236 g/mol. The van der Waals surface area contributed by atoms with Crippen LogP contribution in [0.25, 0.3) is 10.8 Å². The Morgan fingerprint density at radius 1 is 1.00 bits per heavy atom. The molecule has 0 heterocycles. The number of hydrogen-bond donors (Lipinski definition) is 0. The van der Waals surface area contributed by atoms with Gasteiger partial charge in [0.25, 0.3) is 0 Å². The second-order valence-corrected chi connectivity index (χ2v) is 5.29. The first-order valence-electron chi connectivity index (χ1n) is 4.85. The molecule has 0 aromatic heterocycles. The van der Waals surface area contributed by atoms with Crippen LogP contribution in [0.2, 0.25) is 0 Å². The number of benzene rings is 2. The molecule has 0 radical (unpaired) electrons. The Kier molecular flexibility index (Phi) is 2.59. The molecule has 2 aromatic carbocycles. The summed E-state index contributed by atoms with van der Waals surface area (Å²) in [5, 5.41) is 1.82. The SMILES string of the molecule is Cc1ccc(OS(C)(=O)=O)c2ccccc12. The van der Waals surface area contributed by atoms with Gasteiger partial charge in [0.1, 0.15) is 5.75 Å². The zero-order valence-electron chi connectivity index (χ0n) is 9.10. The molecule has 0 amide bonds. The summed E-state index contributed by atoms with van der Waals surface area (Å²) in [5.74, 6) is 0.378. The molecule has 0 saturated carbocycles. The van der Waals surface area contributed by atoms with Gasteiger partial charge in [-0.25, -0.2) is 0 Å². The maximum atomic E-state index is 11.1. The Hall–Kier alpha value is -1.55. The molecule has 2 aromatic rings. The number of rotatable bonds is 2. The summed E-state index contributed by atoms with van der Waals surface area (Å²) in [7, 11) is -3.48. The third-order valence-electron chi connectivity index (χ3n) is 2.34. The second-order valence-electron chi connectivity index (χ2n) is 3.71. The highest BCUT2D eigenvalue weighted by Crippen LogP contribution is 2.28. The first kappa shape index (κ1) is 11.0. The van der Waals surface area contributed by atoms with Gasteiger partial charge in [0.05, 0.1) is 6.26 Å². The van der Waals surface area contributed by atoms with Crippen LogP contribution in [0.15, 0.2) is 36.4 Å². The molecular weight excluding hydrogens is 224 g/mol. The second kappa shape index (κ2) is 3.79. The molecule has 3 nitrogen and oxygen atoms in total. The van der Waals surface area contributed by atoms with Gasteiger partial charge in [-0.15, -0.1) is 0 Å². The van der Waals surface area contributed by atoms with Crippen molar-refractivity contribution in [2.24, 2.45) is 0 Å². The molecule has 84 valence electrons. The van der Waals surface area contributed by atoms with Gasteiger partial charge in [0, 0.05) is 5.39 Å². The minimum absolute atomic E-state index is 0.378. The summed E-state index contributed by atoms with van der Waals surface area (Å²) >= 11 is 0. The lowest BCUT2D eigenvalue weighted by Crippen LogP contribution is -2.06. The average Bonchev–Trinajstić information content (AvgIpc) is 2.21. The van der Waals surface area contributed by atoms with Crippen molar-refractivity contribution in [3.05, 3.63) is 42.0 Å². The van der Waals surface area contributed by atoms with Gasteiger partial charge in [0.15, 0.2) is 0 Å². The van der Waals surface area contributed by atoms with Gasteiger partial charge in [-0.05, 0) is 23.9 Å². The molecule has 4 heteroatoms. The smallest absolute Gasteiger partial charge is 0.306 e. The topological polar surface area (TPSA) is 43.4 Å². The van der Waals surface area contributed by atoms with Gasteiger partial charge in [0.2, 0.25) is 0 Å². The van der Waals surface area contributed by atoms with Crippen LogP contribution in [0.4, 0.5) is 0 Å². The molecule has 0 aliphatic carbocycles. The van der Waals surface area contributed by atoms with E-state index in [-0.39, 0.29) is 0 Å². The van der Waals surface area contributed by atoms with Gasteiger partial charge >= 0.3 is 10.1 Å². The predicted molar refractivity (Wildman–Crippen MR) is 64.2 cm³/mol. The largest absolute Gasteiger partial charge is 0.382 e. The van der Waals surface area contributed by atoms with Crippen molar-refractivity contribution < 1.29 is 12.6 Å². The number of aryl methyl sites for hydroxylation is 1. The first-order valence-corrected chi connectivity index (χ1v) is 6.67. The highest BCUT2D eigenvalue weighted by Gasteiger charge is 2.09. The zero-order valence-corrected chi connectivity index (χ0v) is 9.91. The van der Waals surface area contributed by atoms with Crippen molar-refractivity contribution >= 4 is 20.9 Å². The minimum Gasteiger partial charge on any atom is -0.382 e. The van der Waals surface area contributed by atoms with E-state index in [2.05, 4.69) is 0 Å². The standard InChI is InChI=1S/C12H12O3S/c1-9-7-8-12(15-16(2,13)14)11-6-4-3-5-10(9)11/h3-8H,1-2H3. The molecule has 0 fully saturated rings. The molecule has 0 unspecified atom stereocenters. The fourth-order valence-electron chi connectivity index (χ4n) is 1.66. The molecular formula is C12H12O3S. The maximum Gasteiger partial charge on any atom is 0.306 e. The molecule has 0 aliphatic heterocycles. The van der Waals surface area contributed by atoms with Crippen molar-refractivity contribution in [1.82, 2.24) is 0 Å². The lowest BCUT2D eigenvalue weighted by molar-refractivity contribution is 0.495. The van der Waals surface area contributed by atoms with E-state index >= 15 is 0 Å². The van der Waals surface area contributed by atoms with Crippen molar-refractivity contribution in [3.8, 4) is 5.75 Å². The van der Waals surface area contributed by atoms with Gasteiger partial charge in [-0.3, -0.25) is 0 Å². The van der Waals surface area contributed by atoms with E-state index in [0.29, 0.717) is 5.75 Å². The Morgan fingerprint density at radius 3 is 2.25 bits per heavy atom. The molecule has 2 rings (SSSR count). The zero-order chi connectivity index (χ0) is 11.8. The summed E-state index contributed by atoms with van der Waals surface area (Å²) in [5.41, 5.74) is 1.09. The van der Waals surface area contributed by atoms with E-state index in [9.17, 15) is 8.42 Å². The summed E-state index contributed by atoms with van der Waals surface area (Å²) in [4.78, 5) is 0. The van der Waals surface area contributed by atoms with Gasteiger partial charge in [-0.2, -0.15) is 8.42 Å². The highest BCUT2D eigenvalue weighted by molar-refractivity contribution is 7.86. The van der Waals surface area contributed by atoms with Crippen LogP contribution in [0, 0.1) is 6.92 Å². The Balaban J connectivity index is 2.68. The first-order chi connectivity index (χ1) is 7.47. The van der Waals surface area contributed by atoms with E-state index in [4.69, 9.17) is 4.18 Å². The van der Waals surface area contributed by atoms with E-state index in [1.54, 1.807) is 6.07 Å². The van der Waals surface area contributed by atoms with Crippen molar-refractivity contribution in [3.63, 3.8) is 0 Å². The highest BCUT2D eigenvalue weighted by atomic mass is 32.2. The number of fused-ring (bicyclic) bond motifs is 1. The molecule has 16 heavy (non-hydrogen) atoms. The van der Waals surface area contributed by atoms with Gasteiger partial charge < -0.3 is 4.18 Å². The lowest BCUT2D eigenvalue weighted by atomic mass is 10.1. The van der Waals surface area contributed by atoms with Crippen molar-refractivity contribution in [2.75, 3.05) is 6.26 Å². The van der Waals surface area contributed by atoms with Crippen LogP contribution in [-0.2, 0) is 10.1 Å². The fourth-order valence-corrected chi connectivity index (χ4v) is 2.13. The molecule has 0 bridgehead atoms. The lowest BCUT2D eigenvalue weighted by Gasteiger charge is -2.08. The Morgan fingerprint density at radius 2 is 1.62 bits per heavy atom.